The average Bonchev–Trinajstić information content (AvgIpc) is 3.11. The van der Waals surface area contributed by atoms with Crippen LogP contribution in [-0.2, 0) is 17.1 Å². The zero-order chi connectivity index (χ0) is 16.8. The van der Waals surface area contributed by atoms with Gasteiger partial charge in [0.05, 0.1) is 5.75 Å². The molecule has 0 bridgehead atoms. The summed E-state index contributed by atoms with van der Waals surface area (Å²) in [4.78, 5) is 21.1. The van der Waals surface area contributed by atoms with E-state index >= 15 is 0 Å². The van der Waals surface area contributed by atoms with E-state index in [2.05, 4.69) is 33.5 Å². The topological polar surface area (TPSA) is 41.4 Å². The number of aromatic nitrogens is 2. The Hall–Kier alpha value is -1.66. The summed E-state index contributed by atoms with van der Waals surface area (Å²) in [5.74, 6) is 2.70. The molecule has 1 aliphatic rings. The van der Waals surface area contributed by atoms with E-state index in [-0.39, 0.29) is 18.3 Å². The van der Waals surface area contributed by atoms with Gasteiger partial charge in [0.1, 0.15) is 0 Å². The van der Waals surface area contributed by atoms with Crippen molar-refractivity contribution in [1.82, 2.24) is 14.5 Å². The Morgan fingerprint density at radius 1 is 1.16 bits per heavy atom. The van der Waals surface area contributed by atoms with Crippen molar-refractivity contribution in [2.24, 2.45) is 0 Å². The lowest BCUT2D eigenvalue weighted by Gasteiger charge is -2.35. The largest absolute Gasteiger partial charge is 0.339 e. The van der Waals surface area contributed by atoms with Crippen molar-refractivity contribution >= 4 is 36.0 Å². The average molecular weight is 381 g/mol. The number of nitrogens with zero attached hydrogens (tertiary/aromatic N) is 4. The summed E-state index contributed by atoms with van der Waals surface area (Å²) in [6, 6.07) is 10.3. The number of hydrogen-bond acceptors (Lipinski definition) is 4. The Morgan fingerprint density at radius 3 is 2.56 bits per heavy atom. The molecule has 3 rings (SSSR count). The highest BCUT2D eigenvalue weighted by molar-refractivity contribution is 7.99. The number of amides is 1. The molecule has 0 saturated carbocycles. The van der Waals surface area contributed by atoms with Crippen molar-refractivity contribution < 1.29 is 4.79 Å². The lowest BCUT2D eigenvalue weighted by atomic mass is 10.2. The second-order valence-electron chi connectivity index (χ2n) is 5.86. The highest BCUT2D eigenvalue weighted by Gasteiger charge is 2.23. The SMILES string of the molecule is CCn1ccnc1N1CCN(C(=O)CSCc2ccccc2)CC1.Cl. The molecule has 2 heterocycles. The van der Waals surface area contributed by atoms with Crippen molar-refractivity contribution in [1.29, 1.82) is 0 Å². The molecular formula is C18H25ClN4OS. The summed E-state index contributed by atoms with van der Waals surface area (Å²) in [5, 5.41) is 0. The molecule has 0 spiro atoms. The van der Waals surface area contributed by atoms with E-state index < -0.39 is 0 Å². The van der Waals surface area contributed by atoms with Gasteiger partial charge in [0.25, 0.3) is 0 Å². The fourth-order valence-corrected chi connectivity index (χ4v) is 3.80. The Balaban J connectivity index is 0.00000225. The van der Waals surface area contributed by atoms with Gasteiger partial charge in [-0.25, -0.2) is 4.98 Å². The molecule has 0 radical (unpaired) electrons. The van der Waals surface area contributed by atoms with Crippen LogP contribution in [0.4, 0.5) is 5.95 Å². The molecule has 0 aliphatic carbocycles. The number of benzene rings is 1. The number of hydrogen-bond donors (Lipinski definition) is 0. The van der Waals surface area contributed by atoms with Crippen molar-refractivity contribution in [2.45, 2.75) is 19.2 Å². The molecule has 7 heteroatoms. The molecule has 1 fully saturated rings. The molecule has 136 valence electrons. The second-order valence-corrected chi connectivity index (χ2v) is 6.85. The molecule has 1 aromatic heterocycles. The van der Waals surface area contributed by atoms with Crippen LogP contribution in [0, 0.1) is 0 Å². The molecule has 0 atom stereocenters. The van der Waals surface area contributed by atoms with Crippen LogP contribution in [0.25, 0.3) is 0 Å². The molecule has 0 unspecified atom stereocenters. The van der Waals surface area contributed by atoms with Gasteiger partial charge in [0.2, 0.25) is 11.9 Å². The molecule has 0 N–H and O–H groups in total. The first kappa shape index (κ1) is 19.7. The van der Waals surface area contributed by atoms with Gasteiger partial charge in [-0.15, -0.1) is 24.2 Å². The van der Waals surface area contributed by atoms with Crippen LogP contribution in [-0.4, -0.2) is 52.3 Å². The van der Waals surface area contributed by atoms with Gasteiger partial charge >= 0.3 is 0 Å². The smallest absolute Gasteiger partial charge is 0.232 e. The van der Waals surface area contributed by atoms with Gasteiger partial charge in [-0.1, -0.05) is 30.3 Å². The lowest BCUT2D eigenvalue weighted by molar-refractivity contribution is -0.128. The van der Waals surface area contributed by atoms with E-state index in [1.165, 1.54) is 5.56 Å². The van der Waals surface area contributed by atoms with Crippen LogP contribution < -0.4 is 4.90 Å². The molecule has 1 amide bonds. The van der Waals surface area contributed by atoms with Gasteiger partial charge in [0, 0.05) is 50.9 Å². The summed E-state index contributed by atoms with van der Waals surface area (Å²) in [7, 11) is 0. The lowest BCUT2D eigenvalue weighted by Crippen LogP contribution is -2.50. The number of carbonyl (C=O) groups is 1. The fraction of sp³-hybridized carbons (Fsp3) is 0.444. The van der Waals surface area contributed by atoms with E-state index in [0.717, 1.165) is 44.4 Å². The molecule has 25 heavy (non-hydrogen) atoms. The number of anilines is 1. The maximum absolute atomic E-state index is 12.4. The Bertz CT molecular complexity index is 656. The third kappa shape index (κ3) is 5.16. The second kappa shape index (κ2) is 9.73. The first-order valence-electron chi connectivity index (χ1n) is 8.43. The van der Waals surface area contributed by atoms with E-state index in [1.807, 2.05) is 35.5 Å². The highest BCUT2D eigenvalue weighted by Crippen LogP contribution is 2.16. The van der Waals surface area contributed by atoms with Gasteiger partial charge in [-0.05, 0) is 12.5 Å². The Morgan fingerprint density at radius 2 is 1.88 bits per heavy atom. The predicted octanol–water partition coefficient (Wildman–Crippen LogP) is 2.91. The number of carbonyl (C=O) groups excluding carboxylic acids is 1. The minimum atomic E-state index is 0. The molecular weight excluding hydrogens is 356 g/mol. The van der Waals surface area contributed by atoms with Crippen molar-refractivity contribution in [2.75, 3.05) is 36.8 Å². The van der Waals surface area contributed by atoms with Crippen molar-refractivity contribution in [3.63, 3.8) is 0 Å². The number of thioether (sulfide) groups is 1. The van der Waals surface area contributed by atoms with Crippen LogP contribution in [0.3, 0.4) is 0 Å². The van der Waals surface area contributed by atoms with Crippen LogP contribution in [0.5, 0.6) is 0 Å². The van der Waals surface area contributed by atoms with Gasteiger partial charge in [-0.3, -0.25) is 4.79 Å². The Labute approximate surface area is 159 Å². The first-order chi connectivity index (χ1) is 11.8. The van der Waals surface area contributed by atoms with Gasteiger partial charge in [0.15, 0.2) is 0 Å². The summed E-state index contributed by atoms with van der Waals surface area (Å²) < 4.78 is 2.15. The summed E-state index contributed by atoms with van der Waals surface area (Å²) >= 11 is 1.69. The number of piperazine rings is 1. The number of halogens is 1. The van der Waals surface area contributed by atoms with E-state index in [9.17, 15) is 4.79 Å². The van der Waals surface area contributed by atoms with Gasteiger partial charge in [-0.2, -0.15) is 0 Å². The molecule has 1 saturated heterocycles. The van der Waals surface area contributed by atoms with Crippen molar-refractivity contribution in [3.8, 4) is 0 Å². The van der Waals surface area contributed by atoms with Crippen LogP contribution in [0.1, 0.15) is 12.5 Å². The molecule has 1 aliphatic heterocycles. The van der Waals surface area contributed by atoms with E-state index in [4.69, 9.17) is 0 Å². The predicted molar refractivity (Wildman–Crippen MR) is 107 cm³/mol. The standard InChI is InChI=1S/C18H24N4OS.ClH/c1-2-20-9-8-19-18(20)22-12-10-21(11-13-22)17(23)15-24-14-16-6-4-3-5-7-16;/h3-9H,2,10-15H2,1H3;1H. The minimum Gasteiger partial charge on any atom is -0.339 e. The van der Waals surface area contributed by atoms with Crippen molar-refractivity contribution in [3.05, 3.63) is 48.3 Å². The number of rotatable bonds is 6. The highest BCUT2D eigenvalue weighted by atomic mass is 35.5. The number of aryl methyl sites for hydroxylation is 1. The van der Waals surface area contributed by atoms with E-state index in [1.54, 1.807) is 11.8 Å². The van der Waals surface area contributed by atoms with Gasteiger partial charge < -0.3 is 14.4 Å². The third-order valence-electron chi connectivity index (χ3n) is 4.29. The summed E-state index contributed by atoms with van der Waals surface area (Å²) in [6.07, 6.45) is 3.85. The molecule has 1 aromatic carbocycles. The van der Waals surface area contributed by atoms with Crippen LogP contribution >= 0.6 is 24.2 Å². The normalized spacial score (nSPS) is 14.3. The zero-order valence-electron chi connectivity index (χ0n) is 14.5. The summed E-state index contributed by atoms with van der Waals surface area (Å²) in [5.41, 5.74) is 1.27. The monoisotopic (exact) mass is 380 g/mol. The first-order valence-corrected chi connectivity index (χ1v) is 9.59. The number of imidazole rings is 1. The molecule has 5 nitrogen and oxygen atoms in total. The minimum absolute atomic E-state index is 0. The fourth-order valence-electron chi connectivity index (χ4n) is 2.91. The zero-order valence-corrected chi connectivity index (χ0v) is 16.1. The third-order valence-corrected chi connectivity index (χ3v) is 5.28. The van der Waals surface area contributed by atoms with Crippen LogP contribution in [0.2, 0.25) is 0 Å². The molecule has 2 aromatic rings. The van der Waals surface area contributed by atoms with Crippen LogP contribution in [0.15, 0.2) is 42.7 Å². The quantitative estimate of drug-likeness (QED) is 0.772. The maximum atomic E-state index is 12.4. The Kier molecular flexibility index (Phi) is 7.65. The van der Waals surface area contributed by atoms with E-state index in [0.29, 0.717) is 5.75 Å². The maximum Gasteiger partial charge on any atom is 0.232 e. The summed E-state index contributed by atoms with van der Waals surface area (Å²) in [6.45, 7) is 6.31.